The largest absolute Gasteiger partial charge is 0.370 e. The highest BCUT2D eigenvalue weighted by Crippen LogP contribution is 1.95. The molecule has 0 aliphatic heterocycles. The topological polar surface area (TPSA) is 81.4 Å². The first-order chi connectivity index (χ1) is 6.04. The number of ether oxygens (including phenoxy) is 1. The highest BCUT2D eigenvalue weighted by atomic mass is 79.9. The molecule has 13 heavy (non-hydrogen) atoms. The van der Waals surface area contributed by atoms with Gasteiger partial charge in [0.1, 0.15) is 6.61 Å². The number of nitrogens with one attached hydrogen (secondary N) is 1. The molecule has 0 radical (unpaired) electrons. The molecule has 0 saturated carbocycles. The molecule has 2 amide bonds. The van der Waals surface area contributed by atoms with E-state index < -0.39 is 5.91 Å². The Bertz CT molecular complexity index is 185. The maximum absolute atomic E-state index is 10.9. The Kier molecular flexibility index (Phi) is 6.52. The van der Waals surface area contributed by atoms with Crippen molar-refractivity contribution in [1.82, 2.24) is 5.32 Å². The van der Waals surface area contributed by atoms with E-state index in [2.05, 4.69) is 21.2 Å². The summed E-state index contributed by atoms with van der Waals surface area (Å²) in [5, 5.41) is 2.59. The summed E-state index contributed by atoms with van der Waals surface area (Å²) in [4.78, 5) is 20.9. The molecule has 0 aromatic rings. The number of halogens is 1. The molecule has 0 aliphatic carbocycles. The van der Waals surface area contributed by atoms with E-state index in [1.807, 2.05) is 0 Å². The zero-order valence-electron chi connectivity index (χ0n) is 7.38. The lowest BCUT2D eigenvalue weighted by atomic mass is 10.4. The number of hydrogen-bond donors (Lipinski definition) is 2. The molecule has 0 aromatic heterocycles. The summed E-state index contributed by atoms with van der Waals surface area (Å²) < 4.78 is 4.82. The van der Waals surface area contributed by atoms with Crippen molar-refractivity contribution in [3.63, 3.8) is 0 Å². The van der Waals surface area contributed by atoms with Crippen LogP contribution < -0.4 is 11.1 Å². The van der Waals surface area contributed by atoms with Crippen molar-refractivity contribution in [2.24, 2.45) is 5.73 Å². The SMILES string of the molecule is CC(Br)C(=O)NCCOCC(N)=O. The van der Waals surface area contributed by atoms with E-state index in [9.17, 15) is 9.59 Å². The number of carbonyl (C=O) groups is 2. The number of primary amides is 1. The maximum Gasteiger partial charge on any atom is 0.243 e. The van der Waals surface area contributed by atoms with Gasteiger partial charge in [0.15, 0.2) is 0 Å². The second-order valence-electron chi connectivity index (χ2n) is 2.43. The van der Waals surface area contributed by atoms with E-state index in [1.165, 1.54) is 0 Å². The van der Waals surface area contributed by atoms with Crippen LogP contribution in [-0.2, 0) is 14.3 Å². The van der Waals surface area contributed by atoms with Gasteiger partial charge in [-0.15, -0.1) is 0 Å². The molecular formula is C7H13BrN2O3. The van der Waals surface area contributed by atoms with Gasteiger partial charge < -0.3 is 15.8 Å². The fourth-order valence-electron chi connectivity index (χ4n) is 0.560. The van der Waals surface area contributed by atoms with Crippen molar-refractivity contribution in [2.75, 3.05) is 19.8 Å². The minimum atomic E-state index is -0.514. The third-order valence-electron chi connectivity index (χ3n) is 1.15. The molecule has 0 aromatic carbocycles. The van der Waals surface area contributed by atoms with E-state index in [4.69, 9.17) is 10.5 Å². The monoisotopic (exact) mass is 252 g/mol. The number of hydrogen-bond acceptors (Lipinski definition) is 3. The number of amides is 2. The predicted octanol–water partition coefficient (Wildman–Crippen LogP) is -0.612. The minimum absolute atomic E-state index is 0.109. The van der Waals surface area contributed by atoms with Gasteiger partial charge in [0.2, 0.25) is 11.8 Å². The van der Waals surface area contributed by atoms with Crippen LogP contribution in [-0.4, -0.2) is 36.4 Å². The lowest BCUT2D eigenvalue weighted by molar-refractivity contribution is -0.122. The first kappa shape index (κ1) is 12.4. The number of alkyl halides is 1. The summed E-state index contributed by atoms with van der Waals surface area (Å²) in [5.74, 6) is -0.622. The van der Waals surface area contributed by atoms with Crippen molar-refractivity contribution >= 4 is 27.7 Å². The van der Waals surface area contributed by atoms with Crippen molar-refractivity contribution in [1.29, 1.82) is 0 Å². The predicted molar refractivity (Wildman–Crippen MR) is 51.4 cm³/mol. The van der Waals surface area contributed by atoms with E-state index in [0.717, 1.165) is 0 Å². The zero-order chi connectivity index (χ0) is 10.3. The lowest BCUT2D eigenvalue weighted by Crippen LogP contribution is -2.32. The molecule has 0 fully saturated rings. The van der Waals surface area contributed by atoms with Gasteiger partial charge in [0, 0.05) is 6.54 Å². The molecule has 0 bridgehead atoms. The van der Waals surface area contributed by atoms with E-state index in [-0.39, 0.29) is 23.9 Å². The van der Waals surface area contributed by atoms with Crippen molar-refractivity contribution in [3.8, 4) is 0 Å². The van der Waals surface area contributed by atoms with Gasteiger partial charge in [-0.1, -0.05) is 15.9 Å². The Balaban J connectivity index is 3.26. The average Bonchev–Trinajstić information content (AvgIpc) is 2.02. The Hall–Kier alpha value is -0.620. The quantitative estimate of drug-likeness (QED) is 0.489. The fraction of sp³-hybridized carbons (Fsp3) is 0.714. The summed E-state index contributed by atoms with van der Waals surface area (Å²) in [5.41, 5.74) is 4.82. The van der Waals surface area contributed by atoms with Crippen LogP contribution in [0.5, 0.6) is 0 Å². The first-order valence-corrected chi connectivity index (χ1v) is 4.73. The molecule has 0 spiro atoms. The number of rotatable bonds is 6. The number of carbonyl (C=O) groups excluding carboxylic acids is 2. The Morgan fingerprint density at radius 2 is 2.23 bits per heavy atom. The van der Waals surface area contributed by atoms with Crippen LogP contribution in [0.1, 0.15) is 6.92 Å². The maximum atomic E-state index is 10.9. The van der Waals surface area contributed by atoms with Gasteiger partial charge >= 0.3 is 0 Å². The standard InChI is InChI=1S/C7H13BrN2O3/c1-5(8)7(12)10-2-3-13-4-6(9)11/h5H,2-4H2,1H3,(H2,9,11)(H,10,12). The van der Waals surface area contributed by atoms with Gasteiger partial charge in [0.25, 0.3) is 0 Å². The van der Waals surface area contributed by atoms with Gasteiger partial charge in [-0.05, 0) is 6.92 Å². The highest BCUT2D eigenvalue weighted by molar-refractivity contribution is 9.10. The molecule has 1 atom stereocenters. The molecule has 6 heteroatoms. The zero-order valence-corrected chi connectivity index (χ0v) is 8.96. The van der Waals surface area contributed by atoms with Gasteiger partial charge in [-0.2, -0.15) is 0 Å². The summed E-state index contributed by atoms with van der Waals surface area (Å²) >= 11 is 3.11. The second kappa shape index (κ2) is 6.85. The van der Waals surface area contributed by atoms with Gasteiger partial charge in [-0.25, -0.2) is 0 Å². The lowest BCUT2D eigenvalue weighted by Gasteiger charge is -2.06. The van der Waals surface area contributed by atoms with Gasteiger partial charge in [0.05, 0.1) is 11.4 Å². The summed E-state index contributed by atoms with van der Waals surface area (Å²) in [7, 11) is 0. The van der Waals surface area contributed by atoms with Crippen LogP contribution in [0.15, 0.2) is 0 Å². The Morgan fingerprint density at radius 3 is 2.69 bits per heavy atom. The third-order valence-corrected chi connectivity index (χ3v) is 1.57. The Morgan fingerprint density at radius 1 is 1.62 bits per heavy atom. The molecule has 3 N–H and O–H groups in total. The normalized spacial score (nSPS) is 12.2. The minimum Gasteiger partial charge on any atom is -0.370 e. The van der Waals surface area contributed by atoms with Crippen molar-refractivity contribution < 1.29 is 14.3 Å². The summed E-state index contributed by atoms with van der Waals surface area (Å²) in [6.07, 6.45) is 0. The average molecular weight is 253 g/mol. The molecule has 0 rings (SSSR count). The number of nitrogens with two attached hydrogens (primary N) is 1. The van der Waals surface area contributed by atoms with E-state index in [1.54, 1.807) is 6.92 Å². The fourth-order valence-corrected chi connectivity index (χ4v) is 0.722. The third kappa shape index (κ3) is 7.73. The molecular weight excluding hydrogens is 240 g/mol. The molecule has 0 aliphatic rings. The molecule has 5 nitrogen and oxygen atoms in total. The van der Waals surface area contributed by atoms with Crippen molar-refractivity contribution in [2.45, 2.75) is 11.8 Å². The van der Waals surface area contributed by atoms with E-state index >= 15 is 0 Å². The molecule has 1 unspecified atom stereocenters. The van der Waals surface area contributed by atoms with Crippen LogP contribution in [0.3, 0.4) is 0 Å². The summed E-state index contributed by atoms with van der Waals surface area (Å²) in [6.45, 7) is 2.27. The highest BCUT2D eigenvalue weighted by Gasteiger charge is 2.06. The van der Waals surface area contributed by atoms with Crippen LogP contribution in [0.2, 0.25) is 0 Å². The molecule has 0 heterocycles. The molecule has 0 saturated heterocycles. The molecule has 76 valence electrons. The van der Waals surface area contributed by atoms with Crippen LogP contribution in [0.4, 0.5) is 0 Å². The Labute approximate surface area is 85.1 Å². The van der Waals surface area contributed by atoms with Crippen LogP contribution in [0.25, 0.3) is 0 Å². The van der Waals surface area contributed by atoms with Gasteiger partial charge in [-0.3, -0.25) is 9.59 Å². The van der Waals surface area contributed by atoms with E-state index in [0.29, 0.717) is 6.54 Å². The van der Waals surface area contributed by atoms with Crippen molar-refractivity contribution in [3.05, 3.63) is 0 Å². The smallest absolute Gasteiger partial charge is 0.243 e. The van der Waals surface area contributed by atoms with Crippen LogP contribution >= 0.6 is 15.9 Å². The second-order valence-corrected chi connectivity index (χ2v) is 3.80. The van der Waals surface area contributed by atoms with Crippen LogP contribution in [0, 0.1) is 0 Å². The summed E-state index contributed by atoms with van der Waals surface area (Å²) in [6, 6.07) is 0. The first-order valence-electron chi connectivity index (χ1n) is 3.82.